The number of rotatable bonds is 4. The summed E-state index contributed by atoms with van der Waals surface area (Å²) in [5.41, 5.74) is 1.65. The molecule has 1 aromatic carbocycles. The smallest absolute Gasteiger partial charge is 0.406 e. The Morgan fingerprint density at radius 3 is 2.04 bits per heavy atom. The molecule has 0 N–H and O–H groups in total. The molecule has 1 saturated heterocycles. The first-order valence-corrected chi connectivity index (χ1v) is 8.63. The Balaban J connectivity index is 1.64. The monoisotopic (exact) mass is 365 g/mol. The summed E-state index contributed by atoms with van der Waals surface area (Å²) in [5, 5.41) is 0. The summed E-state index contributed by atoms with van der Waals surface area (Å²) >= 11 is 0. The molecule has 2 heterocycles. The van der Waals surface area contributed by atoms with Crippen molar-refractivity contribution < 1.29 is 17.9 Å². The molecule has 140 valence electrons. The van der Waals surface area contributed by atoms with Crippen molar-refractivity contribution >= 4 is 5.82 Å². The fourth-order valence-corrected chi connectivity index (χ4v) is 3.06. The number of pyridine rings is 1. The number of nitrogens with zero attached hydrogens (tertiary/aromatic N) is 3. The van der Waals surface area contributed by atoms with Gasteiger partial charge in [0.1, 0.15) is 11.6 Å². The minimum Gasteiger partial charge on any atom is -0.406 e. The average Bonchev–Trinajstić information content (AvgIpc) is 2.61. The van der Waals surface area contributed by atoms with E-state index in [1.807, 2.05) is 12.1 Å². The summed E-state index contributed by atoms with van der Waals surface area (Å²) in [6, 6.07) is 10.3. The number of halogens is 3. The van der Waals surface area contributed by atoms with Gasteiger partial charge in [0.25, 0.3) is 0 Å². The Kier molecular flexibility index (Phi) is 5.36. The van der Waals surface area contributed by atoms with Crippen LogP contribution < -0.4 is 9.64 Å². The molecule has 0 atom stereocenters. The van der Waals surface area contributed by atoms with Crippen LogP contribution in [0.5, 0.6) is 5.75 Å². The van der Waals surface area contributed by atoms with E-state index < -0.39 is 6.36 Å². The highest BCUT2D eigenvalue weighted by Crippen LogP contribution is 2.27. The number of piperazine rings is 1. The van der Waals surface area contributed by atoms with E-state index in [1.165, 1.54) is 12.1 Å². The number of ether oxygens (including phenoxy) is 1. The first-order chi connectivity index (χ1) is 12.3. The highest BCUT2D eigenvalue weighted by atomic mass is 19.4. The lowest BCUT2D eigenvalue weighted by molar-refractivity contribution is -0.274. The Morgan fingerprint density at radius 1 is 0.923 bits per heavy atom. The highest BCUT2D eigenvalue weighted by Gasteiger charge is 2.31. The van der Waals surface area contributed by atoms with Crippen molar-refractivity contribution in [3.8, 4) is 16.9 Å². The number of alkyl halides is 3. The normalized spacial score (nSPS) is 16.2. The van der Waals surface area contributed by atoms with Crippen LogP contribution in [0.2, 0.25) is 0 Å². The van der Waals surface area contributed by atoms with Gasteiger partial charge in [0.2, 0.25) is 0 Å². The molecule has 0 radical (unpaired) electrons. The van der Waals surface area contributed by atoms with Gasteiger partial charge in [0, 0.05) is 44.0 Å². The summed E-state index contributed by atoms with van der Waals surface area (Å²) in [7, 11) is 0. The highest BCUT2D eigenvalue weighted by molar-refractivity contribution is 5.64. The van der Waals surface area contributed by atoms with E-state index in [0.717, 1.165) is 43.1 Å². The third kappa shape index (κ3) is 4.66. The predicted molar refractivity (Wildman–Crippen MR) is 95.3 cm³/mol. The van der Waals surface area contributed by atoms with Gasteiger partial charge in [0.15, 0.2) is 0 Å². The summed E-state index contributed by atoms with van der Waals surface area (Å²) in [6.45, 7) is 8.31. The molecule has 0 aliphatic carbocycles. The second-order valence-corrected chi connectivity index (χ2v) is 6.59. The lowest BCUT2D eigenvalue weighted by atomic mass is 10.1. The predicted octanol–water partition coefficient (Wildman–Crippen LogP) is 4.18. The van der Waals surface area contributed by atoms with E-state index in [0.29, 0.717) is 6.04 Å². The molecule has 1 aliphatic heterocycles. The van der Waals surface area contributed by atoms with E-state index in [1.54, 1.807) is 18.3 Å². The van der Waals surface area contributed by atoms with Gasteiger partial charge in [-0.2, -0.15) is 0 Å². The molecule has 0 spiro atoms. The molecule has 1 aliphatic rings. The zero-order chi connectivity index (χ0) is 18.7. The van der Waals surface area contributed by atoms with Crippen molar-refractivity contribution in [3.63, 3.8) is 0 Å². The average molecular weight is 365 g/mol. The minimum absolute atomic E-state index is 0.228. The topological polar surface area (TPSA) is 28.6 Å². The molecule has 4 nitrogen and oxygen atoms in total. The van der Waals surface area contributed by atoms with Crippen molar-refractivity contribution in [2.45, 2.75) is 26.3 Å². The van der Waals surface area contributed by atoms with Crippen LogP contribution in [-0.4, -0.2) is 48.5 Å². The van der Waals surface area contributed by atoms with Gasteiger partial charge in [-0.05, 0) is 43.7 Å². The first kappa shape index (κ1) is 18.5. The second kappa shape index (κ2) is 7.53. The molecule has 2 aromatic rings. The van der Waals surface area contributed by atoms with Gasteiger partial charge >= 0.3 is 6.36 Å². The zero-order valence-electron chi connectivity index (χ0n) is 14.8. The minimum atomic E-state index is -4.68. The standard InChI is InChI=1S/C19H22F3N3O/c1-14(2)24-9-11-25(12-10-24)18-8-5-16(13-23-18)15-3-6-17(7-4-15)26-19(20,21)22/h3-8,13-14H,9-12H2,1-2H3. The number of benzene rings is 1. The molecule has 0 unspecified atom stereocenters. The second-order valence-electron chi connectivity index (χ2n) is 6.59. The van der Waals surface area contributed by atoms with Gasteiger partial charge in [-0.1, -0.05) is 12.1 Å². The molecular weight excluding hydrogens is 343 g/mol. The molecule has 7 heteroatoms. The van der Waals surface area contributed by atoms with Crippen LogP contribution in [0.25, 0.3) is 11.1 Å². The maximum atomic E-state index is 12.2. The summed E-state index contributed by atoms with van der Waals surface area (Å²) in [5.74, 6) is 0.697. The maximum absolute atomic E-state index is 12.2. The SMILES string of the molecule is CC(C)N1CCN(c2ccc(-c3ccc(OC(F)(F)F)cc3)cn2)CC1. The largest absolute Gasteiger partial charge is 0.573 e. The Morgan fingerprint density at radius 2 is 1.54 bits per heavy atom. The Bertz CT molecular complexity index is 706. The van der Waals surface area contributed by atoms with Crippen LogP contribution in [0, 0.1) is 0 Å². The van der Waals surface area contributed by atoms with Crippen LogP contribution in [-0.2, 0) is 0 Å². The van der Waals surface area contributed by atoms with Gasteiger partial charge in [-0.25, -0.2) is 4.98 Å². The first-order valence-electron chi connectivity index (χ1n) is 8.63. The third-order valence-corrected chi connectivity index (χ3v) is 4.54. The van der Waals surface area contributed by atoms with Crippen LogP contribution in [0.3, 0.4) is 0 Å². The summed E-state index contributed by atoms with van der Waals surface area (Å²) in [6.07, 6.45) is -2.92. The number of anilines is 1. The lowest BCUT2D eigenvalue weighted by Gasteiger charge is -2.37. The van der Waals surface area contributed by atoms with E-state index in [9.17, 15) is 13.2 Å². The van der Waals surface area contributed by atoms with Gasteiger partial charge < -0.3 is 9.64 Å². The molecule has 1 aromatic heterocycles. The quantitative estimate of drug-likeness (QED) is 0.813. The van der Waals surface area contributed by atoms with E-state index in [2.05, 4.69) is 33.4 Å². The van der Waals surface area contributed by atoms with E-state index >= 15 is 0 Å². The van der Waals surface area contributed by atoms with E-state index in [4.69, 9.17) is 0 Å². The van der Waals surface area contributed by atoms with Gasteiger partial charge in [0.05, 0.1) is 0 Å². The lowest BCUT2D eigenvalue weighted by Crippen LogP contribution is -2.49. The molecule has 3 rings (SSSR count). The zero-order valence-corrected chi connectivity index (χ0v) is 14.8. The van der Waals surface area contributed by atoms with Crippen molar-refractivity contribution in [3.05, 3.63) is 42.6 Å². The molecule has 1 fully saturated rings. The van der Waals surface area contributed by atoms with Gasteiger partial charge in [-0.3, -0.25) is 4.90 Å². The van der Waals surface area contributed by atoms with Crippen LogP contribution >= 0.6 is 0 Å². The van der Waals surface area contributed by atoms with Crippen molar-refractivity contribution in [2.75, 3.05) is 31.1 Å². The molecule has 0 amide bonds. The van der Waals surface area contributed by atoms with Crippen LogP contribution in [0.1, 0.15) is 13.8 Å². The van der Waals surface area contributed by atoms with E-state index in [-0.39, 0.29) is 5.75 Å². The molecule has 0 bridgehead atoms. The molecule has 0 saturated carbocycles. The fourth-order valence-electron chi connectivity index (χ4n) is 3.06. The van der Waals surface area contributed by atoms with Crippen molar-refractivity contribution in [1.82, 2.24) is 9.88 Å². The molecule has 26 heavy (non-hydrogen) atoms. The van der Waals surface area contributed by atoms with Gasteiger partial charge in [-0.15, -0.1) is 13.2 Å². The number of hydrogen-bond acceptors (Lipinski definition) is 4. The maximum Gasteiger partial charge on any atom is 0.573 e. The Hall–Kier alpha value is -2.28. The van der Waals surface area contributed by atoms with Crippen LogP contribution in [0.15, 0.2) is 42.6 Å². The summed E-state index contributed by atoms with van der Waals surface area (Å²) < 4.78 is 40.5. The Labute approximate surface area is 151 Å². The molecular formula is C19H22F3N3O. The summed E-state index contributed by atoms with van der Waals surface area (Å²) in [4.78, 5) is 9.22. The third-order valence-electron chi connectivity index (χ3n) is 4.54. The number of aromatic nitrogens is 1. The van der Waals surface area contributed by atoms with Crippen molar-refractivity contribution in [2.24, 2.45) is 0 Å². The fraction of sp³-hybridized carbons (Fsp3) is 0.421. The van der Waals surface area contributed by atoms with Crippen molar-refractivity contribution in [1.29, 1.82) is 0 Å². The van der Waals surface area contributed by atoms with Crippen LogP contribution in [0.4, 0.5) is 19.0 Å². The number of hydrogen-bond donors (Lipinski definition) is 0.